The summed E-state index contributed by atoms with van der Waals surface area (Å²) in [7, 11) is 0. The molecule has 0 radical (unpaired) electrons. The second kappa shape index (κ2) is 10.4. The lowest BCUT2D eigenvalue weighted by Crippen LogP contribution is -2.32. The maximum Gasteiger partial charge on any atom is 0.323 e. The Kier molecular flexibility index (Phi) is 7.14. The van der Waals surface area contributed by atoms with Crippen LogP contribution < -0.4 is 16.0 Å². The first-order valence-electron chi connectivity index (χ1n) is 10.8. The number of aromatic nitrogens is 1. The molecular weight excluding hydrogens is 422 g/mol. The van der Waals surface area contributed by atoms with Crippen molar-refractivity contribution in [2.45, 2.75) is 26.3 Å². The van der Waals surface area contributed by atoms with Crippen LogP contribution in [0.2, 0.25) is 0 Å². The Morgan fingerprint density at radius 2 is 1.62 bits per heavy atom. The molecule has 8 heteroatoms. The maximum atomic E-state index is 12.6. The molecule has 0 bridgehead atoms. The van der Waals surface area contributed by atoms with E-state index in [0.717, 1.165) is 31.2 Å². The number of carbonyl (C=O) groups is 2. The van der Waals surface area contributed by atoms with Crippen LogP contribution in [0.5, 0.6) is 0 Å². The molecule has 3 amide bonds. The summed E-state index contributed by atoms with van der Waals surface area (Å²) in [5.41, 5.74) is 2.80. The highest BCUT2D eigenvalue weighted by molar-refractivity contribution is 7.14. The number of urea groups is 1. The first kappa shape index (κ1) is 22.0. The fourth-order valence-corrected chi connectivity index (χ4v) is 4.27. The highest BCUT2D eigenvalue weighted by Crippen LogP contribution is 2.21. The predicted octanol–water partition coefficient (Wildman–Crippen LogP) is 5.27. The Labute approximate surface area is 191 Å². The molecule has 4 rings (SSSR count). The molecule has 1 fully saturated rings. The summed E-state index contributed by atoms with van der Waals surface area (Å²) in [5.74, 6) is 0.578. The second-order valence-corrected chi connectivity index (χ2v) is 8.94. The van der Waals surface area contributed by atoms with E-state index in [1.54, 1.807) is 24.3 Å². The van der Waals surface area contributed by atoms with Crippen molar-refractivity contribution in [3.8, 4) is 0 Å². The van der Waals surface area contributed by atoms with E-state index in [-0.39, 0.29) is 11.9 Å². The van der Waals surface area contributed by atoms with Crippen molar-refractivity contribution in [3.05, 3.63) is 71.2 Å². The summed E-state index contributed by atoms with van der Waals surface area (Å²) < 4.78 is 0. The van der Waals surface area contributed by atoms with E-state index < -0.39 is 0 Å². The Balaban J connectivity index is 1.27. The standard InChI is InChI=1S/C24H27N5O2S/c1-17-11-13-29(14-12-17)15-21-16-32-24(27-21)28-22(30)18-7-9-20(10-8-18)26-23(31)25-19-5-3-2-4-6-19/h2-10,16-17H,11-15H2,1H3,(H2,25,26,31)(H,27,28,30). The summed E-state index contributed by atoms with van der Waals surface area (Å²) in [4.78, 5) is 31.6. The summed E-state index contributed by atoms with van der Waals surface area (Å²) in [6, 6.07) is 15.6. The van der Waals surface area contributed by atoms with Crippen molar-refractivity contribution in [1.29, 1.82) is 0 Å². The molecular formula is C24H27N5O2S. The number of benzene rings is 2. The van der Waals surface area contributed by atoms with Crippen LogP contribution in [-0.4, -0.2) is 34.9 Å². The van der Waals surface area contributed by atoms with Crippen molar-refractivity contribution in [1.82, 2.24) is 9.88 Å². The molecule has 32 heavy (non-hydrogen) atoms. The number of thiazole rings is 1. The van der Waals surface area contributed by atoms with Crippen LogP contribution in [0.15, 0.2) is 60.0 Å². The number of carbonyl (C=O) groups excluding carboxylic acids is 2. The summed E-state index contributed by atoms with van der Waals surface area (Å²) >= 11 is 1.44. The number of anilines is 3. The van der Waals surface area contributed by atoms with Gasteiger partial charge in [0.25, 0.3) is 5.91 Å². The van der Waals surface area contributed by atoms with Gasteiger partial charge in [0.05, 0.1) is 5.69 Å². The molecule has 7 nitrogen and oxygen atoms in total. The third kappa shape index (κ3) is 6.15. The van der Waals surface area contributed by atoms with Crippen molar-refractivity contribution in [2.75, 3.05) is 29.0 Å². The van der Waals surface area contributed by atoms with Crippen LogP contribution in [0.4, 0.5) is 21.3 Å². The molecule has 2 heterocycles. The quantitative estimate of drug-likeness (QED) is 0.478. The van der Waals surface area contributed by atoms with E-state index >= 15 is 0 Å². The van der Waals surface area contributed by atoms with Crippen LogP contribution in [0.1, 0.15) is 35.8 Å². The fraction of sp³-hybridized carbons (Fsp3) is 0.292. The highest BCUT2D eigenvalue weighted by atomic mass is 32.1. The Morgan fingerprint density at radius 3 is 2.31 bits per heavy atom. The van der Waals surface area contributed by atoms with Crippen molar-refractivity contribution >= 4 is 39.8 Å². The summed E-state index contributed by atoms with van der Waals surface area (Å²) in [6.45, 7) is 5.33. The lowest BCUT2D eigenvalue weighted by Gasteiger charge is -2.29. The minimum Gasteiger partial charge on any atom is -0.308 e. The molecule has 1 aliphatic heterocycles. The molecule has 1 saturated heterocycles. The zero-order chi connectivity index (χ0) is 22.3. The molecule has 0 aliphatic carbocycles. The first-order chi connectivity index (χ1) is 15.5. The molecule has 0 unspecified atom stereocenters. The first-order valence-corrected chi connectivity index (χ1v) is 11.6. The minimum absolute atomic E-state index is 0.224. The van der Waals surface area contributed by atoms with Gasteiger partial charge in [-0.3, -0.25) is 15.0 Å². The SMILES string of the molecule is CC1CCN(Cc2csc(NC(=O)c3ccc(NC(=O)Nc4ccccc4)cc3)n2)CC1. The van der Waals surface area contributed by atoms with Gasteiger partial charge in [-0.15, -0.1) is 11.3 Å². The number of amides is 3. The zero-order valence-electron chi connectivity index (χ0n) is 18.0. The zero-order valence-corrected chi connectivity index (χ0v) is 18.8. The normalized spacial score (nSPS) is 14.7. The van der Waals surface area contributed by atoms with Gasteiger partial charge in [-0.1, -0.05) is 25.1 Å². The third-order valence-electron chi connectivity index (χ3n) is 5.47. The molecule has 2 aromatic carbocycles. The lowest BCUT2D eigenvalue weighted by atomic mass is 9.99. The Morgan fingerprint density at radius 1 is 0.969 bits per heavy atom. The van der Waals surface area contributed by atoms with Crippen molar-refractivity contribution < 1.29 is 9.59 Å². The van der Waals surface area contributed by atoms with Gasteiger partial charge in [-0.2, -0.15) is 0 Å². The van der Waals surface area contributed by atoms with Crippen molar-refractivity contribution in [3.63, 3.8) is 0 Å². The summed E-state index contributed by atoms with van der Waals surface area (Å²) in [6.07, 6.45) is 2.46. The molecule has 1 aromatic heterocycles. The van der Waals surface area contributed by atoms with Crippen LogP contribution in [0.3, 0.4) is 0 Å². The topological polar surface area (TPSA) is 86.4 Å². The van der Waals surface area contributed by atoms with Gasteiger partial charge in [0.1, 0.15) is 0 Å². The Bertz CT molecular complexity index is 1040. The molecule has 0 spiro atoms. The largest absolute Gasteiger partial charge is 0.323 e. The number of nitrogens with one attached hydrogen (secondary N) is 3. The number of likely N-dealkylation sites (tertiary alicyclic amines) is 1. The van der Waals surface area contributed by atoms with E-state index in [1.807, 2.05) is 35.7 Å². The van der Waals surface area contributed by atoms with Gasteiger partial charge < -0.3 is 10.6 Å². The number of hydrogen-bond acceptors (Lipinski definition) is 5. The van der Waals surface area contributed by atoms with Gasteiger partial charge in [-0.05, 0) is 68.2 Å². The number of rotatable bonds is 6. The molecule has 3 N–H and O–H groups in total. The minimum atomic E-state index is -0.341. The fourth-order valence-electron chi connectivity index (χ4n) is 3.58. The highest BCUT2D eigenvalue weighted by Gasteiger charge is 2.17. The smallest absolute Gasteiger partial charge is 0.308 e. The van der Waals surface area contributed by atoms with E-state index in [2.05, 4.69) is 32.8 Å². The van der Waals surface area contributed by atoms with E-state index in [9.17, 15) is 9.59 Å². The molecule has 0 atom stereocenters. The molecule has 166 valence electrons. The average Bonchev–Trinajstić information content (AvgIpc) is 3.23. The van der Waals surface area contributed by atoms with Gasteiger partial charge in [0.15, 0.2) is 5.13 Å². The molecule has 1 aliphatic rings. The second-order valence-electron chi connectivity index (χ2n) is 8.08. The van der Waals surface area contributed by atoms with E-state index in [4.69, 9.17) is 0 Å². The van der Waals surface area contributed by atoms with E-state index in [1.165, 1.54) is 24.2 Å². The monoisotopic (exact) mass is 449 g/mol. The lowest BCUT2D eigenvalue weighted by molar-refractivity contribution is 0.102. The van der Waals surface area contributed by atoms with Gasteiger partial charge in [0.2, 0.25) is 0 Å². The molecule has 3 aromatic rings. The van der Waals surface area contributed by atoms with Gasteiger partial charge in [0, 0.05) is 28.9 Å². The number of para-hydroxylation sites is 1. The van der Waals surface area contributed by atoms with Crippen LogP contribution in [-0.2, 0) is 6.54 Å². The average molecular weight is 450 g/mol. The van der Waals surface area contributed by atoms with Crippen LogP contribution in [0, 0.1) is 5.92 Å². The molecule has 0 saturated carbocycles. The maximum absolute atomic E-state index is 12.6. The van der Waals surface area contributed by atoms with Gasteiger partial charge in [-0.25, -0.2) is 9.78 Å². The number of nitrogens with zero attached hydrogens (tertiary/aromatic N) is 2. The third-order valence-corrected chi connectivity index (χ3v) is 6.28. The van der Waals surface area contributed by atoms with Crippen LogP contribution in [0.25, 0.3) is 0 Å². The summed E-state index contributed by atoms with van der Waals surface area (Å²) in [5, 5.41) is 11.0. The van der Waals surface area contributed by atoms with E-state index in [0.29, 0.717) is 22.1 Å². The Hall–Kier alpha value is -3.23. The van der Waals surface area contributed by atoms with Crippen LogP contribution >= 0.6 is 11.3 Å². The predicted molar refractivity (Wildman–Crippen MR) is 129 cm³/mol. The van der Waals surface area contributed by atoms with Crippen molar-refractivity contribution in [2.24, 2.45) is 5.92 Å². The number of hydrogen-bond donors (Lipinski definition) is 3. The van der Waals surface area contributed by atoms with Gasteiger partial charge >= 0.3 is 6.03 Å². The number of piperidine rings is 1.